The second kappa shape index (κ2) is 8.68. The quantitative estimate of drug-likeness (QED) is 0.564. The van der Waals surface area contributed by atoms with E-state index in [9.17, 15) is 13.2 Å². The molecule has 2 heterocycles. The minimum atomic E-state index is -3.53. The van der Waals surface area contributed by atoms with Crippen molar-refractivity contribution in [2.24, 2.45) is 5.92 Å². The topological polar surface area (TPSA) is 70.6 Å². The van der Waals surface area contributed by atoms with Gasteiger partial charge in [-0.05, 0) is 62.1 Å². The number of rotatable bonds is 5. The number of amides is 1. The van der Waals surface area contributed by atoms with Crippen molar-refractivity contribution in [1.29, 1.82) is 0 Å². The first-order valence-electron chi connectivity index (χ1n) is 10.5. The van der Waals surface area contributed by atoms with E-state index in [2.05, 4.69) is 11.9 Å². The molecule has 0 spiro atoms. The first kappa shape index (κ1) is 21.9. The van der Waals surface area contributed by atoms with E-state index < -0.39 is 10.0 Å². The fraction of sp³-hybridized carbons (Fsp3) is 0.391. The minimum Gasteiger partial charge on any atom is -0.333 e. The lowest BCUT2D eigenvalue weighted by molar-refractivity contribution is 0.0742. The van der Waals surface area contributed by atoms with Gasteiger partial charge in [-0.25, -0.2) is 13.4 Å². The van der Waals surface area contributed by atoms with Crippen molar-refractivity contribution >= 4 is 37.5 Å². The minimum absolute atomic E-state index is 0.165. The summed E-state index contributed by atoms with van der Waals surface area (Å²) in [4.78, 5) is 19.6. The van der Waals surface area contributed by atoms with Crippen LogP contribution in [0.15, 0.2) is 53.4 Å². The number of thiazole rings is 1. The molecule has 0 bridgehead atoms. The zero-order valence-corrected chi connectivity index (χ0v) is 19.6. The first-order valence-corrected chi connectivity index (χ1v) is 12.8. The van der Waals surface area contributed by atoms with Crippen LogP contribution in [0.25, 0.3) is 10.2 Å². The van der Waals surface area contributed by atoms with Crippen molar-refractivity contribution in [3.8, 4) is 0 Å². The summed E-state index contributed by atoms with van der Waals surface area (Å²) in [6, 6.07) is 14.0. The van der Waals surface area contributed by atoms with E-state index in [1.54, 1.807) is 39.7 Å². The number of fused-ring (bicyclic) bond motifs is 1. The highest BCUT2D eigenvalue weighted by molar-refractivity contribution is 7.89. The molecule has 3 aromatic rings. The van der Waals surface area contributed by atoms with Crippen LogP contribution in [-0.4, -0.2) is 48.7 Å². The summed E-state index contributed by atoms with van der Waals surface area (Å²) >= 11 is 1.58. The monoisotopic (exact) mass is 457 g/mol. The van der Waals surface area contributed by atoms with E-state index in [1.807, 2.05) is 31.2 Å². The molecule has 0 N–H and O–H groups in total. The Balaban J connectivity index is 1.50. The third kappa shape index (κ3) is 4.37. The van der Waals surface area contributed by atoms with Crippen molar-refractivity contribution < 1.29 is 13.2 Å². The molecule has 31 heavy (non-hydrogen) atoms. The number of aromatic nitrogens is 1. The standard InChI is InChI=1S/C23H27N3O3S2/c1-16-7-6-14-26(15-16)31(28,29)19-12-10-18(11-13-19)23(27)25(3)17(2)22-24-20-8-4-5-9-21(20)30-22/h4-5,8-13,16-17H,6-7,14-15H2,1-3H3/t16-,17+/m0/s1. The molecule has 164 valence electrons. The van der Waals surface area contributed by atoms with Crippen molar-refractivity contribution in [3.05, 3.63) is 59.1 Å². The van der Waals surface area contributed by atoms with Gasteiger partial charge in [0.25, 0.3) is 5.91 Å². The van der Waals surface area contributed by atoms with Crippen molar-refractivity contribution in [3.63, 3.8) is 0 Å². The lowest BCUT2D eigenvalue weighted by atomic mass is 10.0. The molecule has 1 aliphatic heterocycles. The summed E-state index contributed by atoms with van der Waals surface area (Å²) in [5.41, 5.74) is 1.39. The van der Waals surface area contributed by atoms with Crippen LogP contribution in [0.2, 0.25) is 0 Å². The number of piperidine rings is 1. The largest absolute Gasteiger partial charge is 0.333 e. The van der Waals surface area contributed by atoms with Crippen LogP contribution in [0.3, 0.4) is 0 Å². The van der Waals surface area contributed by atoms with Gasteiger partial charge in [-0.15, -0.1) is 11.3 Å². The molecular weight excluding hydrogens is 430 g/mol. The van der Waals surface area contributed by atoms with E-state index in [4.69, 9.17) is 0 Å². The second-order valence-electron chi connectivity index (χ2n) is 8.25. The van der Waals surface area contributed by atoms with E-state index >= 15 is 0 Å². The van der Waals surface area contributed by atoms with E-state index in [0.717, 1.165) is 28.1 Å². The molecule has 1 fully saturated rings. The Hall–Kier alpha value is -2.29. The van der Waals surface area contributed by atoms with E-state index in [1.165, 1.54) is 12.1 Å². The average molecular weight is 458 g/mol. The molecular formula is C23H27N3O3S2. The van der Waals surface area contributed by atoms with Gasteiger partial charge in [0, 0.05) is 25.7 Å². The molecule has 1 aliphatic rings. The molecule has 6 nitrogen and oxygen atoms in total. The molecule has 0 saturated carbocycles. The predicted molar refractivity (Wildman–Crippen MR) is 124 cm³/mol. The van der Waals surface area contributed by atoms with Gasteiger partial charge in [0.05, 0.1) is 21.2 Å². The highest BCUT2D eigenvalue weighted by Crippen LogP contribution is 2.30. The molecule has 0 radical (unpaired) electrons. The van der Waals surface area contributed by atoms with Crippen LogP contribution in [-0.2, 0) is 10.0 Å². The number of carbonyl (C=O) groups is 1. The summed E-state index contributed by atoms with van der Waals surface area (Å²) < 4.78 is 28.5. The normalized spacial score (nSPS) is 18.7. The molecule has 1 saturated heterocycles. The van der Waals surface area contributed by atoms with Gasteiger partial charge in [0.1, 0.15) is 5.01 Å². The van der Waals surface area contributed by atoms with Crippen LogP contribution in [0.4, 0.5) is 0 Å². The number of nitrogens with zero attached hydrogens (tertiary/aromatic N) is 3. The Morgan fingerprint density at radius 3 is 2.58 bits per heavy atom. The molecule has 2 atom stereocenters. The molecule has 1 amide bonds. The van der Waals surface area contributed by atoms with Crippen LogP contribution >= 0.6 is 11.3 Å². The van der Waals surface area contributed by atoms with Crippen LogP contribution in [0, 0.1) is 5.92 Å². The molecule has 1 aromatic heterocycles. The van der Waals surface area contributed by atoms with Crippen LogP contribution < -0.4 is 0 Å². The van der Waals surface area contributed by atoms with Crippen molar-refractivity contribution in [2.75, 3.05) is 20.1 Å². The first-order chi connectivity index (χ1) is 14.8. The Bertz CT molecular complexity index is 1160. The zero-order chi connectivity index (χ0) is 22.2. The third-order valence-corrected chi connectivity index (χ3v) is 9.01. The van der Waals surface area contributed by atoms with Gasteiger partial charge in [-0.2, -0.15) is 4.31 Å². The van der Waals surface area contributed by atoms with Crippen molar-refractivity contribution in [2.45, 2.75) is 37.6 Å². The number of benzene rings is 2. The SMILES string of the molecule is C[C@H]1CCCN(S(=O)(=O)c2ccc(C(=O)N(C)[C@H](C)c3nc4ccccc4s3)cc2)C1. The number of hydrogen-bond acceptors (Lipinski definition) is 5. The van der Waals surface area contributed by atoms with Gasteiger partial charge in [0.2, 0.25) is 10.0 Å². The van der Waals surface area contributed by atoms with Gasteiger partial charge in [-0.1, -0.05) is 19.1 Å². The van der Waals surface area contributed by atoms with Crippen LogP contribution in [0.5, 0.6) is 0 Å². The van der Waals surface area contributed by atoms with Gasteiger partial charge < -0.3 is 4.90 Å². The fourth-order valence-corrected chi connectivity index (χ4v) is 6.56. The Labute approximate surface area is 187 Å². The fourth-order valence-electron chi connectivity index (χ4n) is 3.90. The maximum atomic E-state index is 13.0. The van der Waals surface area contributed by atoms with Gasteiger partial charge >= 0.3 is 0 Å². The summed E-state index contributed by atoms with van der Waals surface area (Å²) in [7, 11) is -1.78. The van der Waals surface area contributed by atoms with E-state index in [-0.39, 0.29) is 16.8 Å². The number of hydrogen-bond donors (Lipinski definition) is 0. The molecule has 4 rings (SSSR count). The average Bonchev–Trinajstić information content (AvgIpc) is 3.22. The maximum Gasteiger partial charge on any atom is 0.254 e. The Kier molecular flexibility index (Phi) is 6.14. The van der Waals surface area contributed by atoms with Gasteiger partial charge in [-0.3, -0.25) is 4.79 Å². The Morgan fingerprint density at radius 2 is 1.90 bits per heavy atom. The molecule has 8 heteroatoms. The van der Waals surface area contributed by atoms with Crippen LogP contribution in [0.1, 0.15) is 48.1 Å². The highest BCUT2D eigenvalue weighted by atomic mass is 32.2. The summed E-state index contributed by atoms with van der Waals surface area (Å²) in [6.45, 7) is 5.12. The second-order valence-corrected chi connectivity index (χ2v) is 11.2. The third-order valence-electron chi connectivity index (χ3n) is 5.93. The van der Waals surface area contributed by atoms with Crippen molar-refractivity contribution in [1.82, 2.24) is 14.2 Å². The lowest BCUT2D eigenvalue weighted by Crippen LogP contribution is -2.39. The maximum absolute atomic E-state index is 13.0. The summed E-state index contributed by atoms with van der Waals surface area (Å²) in [5.74, 6) is 0.198. The van der Waals surface area contributed by atoms with Gasteiger partial charge in [0.15, 0.2) is 0 Å². The highest BCUT2D eigenvalue weighted by Gasteiger charge is 2.29. The molecule has 0 aliphatic carbocycles. The van der Waals surface area contributed by atoms with E-state index in [0.29, 0.717) is 24.6 Å². The molecule has 0 unspecified atom stereocenters. The smallest absolute Gasteiger partial charge is 0.254 e. The summed E-state index contributed by atoms with van der Waals surface area (Å²) in [5, 5.41) is 0.871. The number of carbonyl (C=O) groups excluding carboxylic acids is 1. The molecule has 2 aromatic carbocycles. The number of para-hydroxylation sites is 1. The zero-order valence-electron chi connectivity index (χ0n) is 18.0. The lowest BCUT2D eigenvalue weighted by Gasteiger charge is -2.30. The Morgan fingerprint density at radius 1 is 1.19 bits per heavy atom. The number of sulfonamides is 1. The predicted octanol–water partition coefficient (Wildman–Crippen LogP) is 4.55. The summed E-state index contributed by atoms with van der Waals surface area (Å²) in [6.07, 6.45) is 1.93.